The van der Waals surface area contributed by atoms with Gasteiger partial charge in [-0.05, 0) is 35.9 Å². The number of halogens is 1. The Morgan fingerprint density at radius 1 is 0.952 bits per heavy atom. The molecule has 0 aliphatic heterocycles. The van der Waals surface area contributed by atoms with Gasteiger partial charge in [-0.15, -0.1) is 0 Å². The van der Waals surface area contributed by atoms with E-state index < -0.39 is 11.8 Å². The number of ether oxygens (including phenoxy) is 3. The van der Waals surface area contributed by atoms with E-state index >= 15 is 0 Å². The van der Waals surface area contributed by atoms with Crippen molar-refractivity contribution in [2.45, 2.75) is 0 Å². The monoisotopic (exact) mass is 290 g/mol. The quantitative estimate of drug-likeness (QED) is 0.810. The van der Waals surface area contributed by atoms with Gasteiger partial charge in [0.05, 0.1) is 26.9 Å². The molecule has 2 aromatic carbocycles. The fourth-order valence-corrected chi connectivity index (χ4v) is 2.01. The highest BCUT2D eigenvalue weighted by Crippen LogP contribution is 2.33. The Morgan fingerprint density at radius 2 is 1.62 bits per heavy atom. The standard InChI is InChI=1S/C16H15FO4/c1-19-14-6-5-11(16(18)21-3)8-12(14)10-4-7-15(20-2)13(17)9-10/h4-9H,1-3H3. The van der Waals surface area contributed by atoms with E-state index in [0.717, 1.165) is 0 Å². The zero-order valence-corrected chi connectivity index (χ0v) is 12.0. The van der Waals surface area contributed by atoms with E-state index in [1.165, 1.54) is 33.5 Å². The summed E-state index contributed by atoms with van der Waals surface area (Å²) in [5.41, 5.74) is 1.54. The van der Waals surface area contributed by atoms with Gasteiger partial charge in [-0.1, -0.05) is 6.07 Å². The minimum atomic E-state index is -0.486. The zero-order chi connectivity index (χ0) is 15.4. The normalized spacial score (nSPS) is 10.1. The van der Waals surface area contributed by atoms with Crippen LogP contribution in [0.2, 0.25) is 0 Å². The molecule has 4 nitrogen and oxygen atoms in total. The first kappa shape index (κ1) is 14.8. The SMILES string of the molecule is COC(=O)c1ccc(OC)c(-c2ccc(OC)c(F)c2)c1. The van der Waals surface area contributed by atoms with Crippen molar-refractivity contribution in [1.29, 1.82) is 0 Å². The first-order valence-electron chi connectivity index (χ1n) is 6.21. The number of carbonyl (C=O) groups excluding carboxylic acids is 1. The Morgan fingerprint density at radius 3 is 2.19 bits per heavy atom. The highest BCUT2D eigenvalue weighted by Gasteiger charge is 2.13. The minimum absolute atomic E-state index is 0.154. The third-order valence-corrected chi connectivity index (χ3v) is 3.08. The molecule has 0 aliphatic rings. The fraction of sp³-hybridized carbons (Fsp3) is 0.188. The minimum Gasteiger partial charge on any atom is -0.496 e. The van der Waals surface area contributed by atoms with Crippen molar-refractivity contribution in [1.82, 2.24) is 0 Å². The number of benzene rings is 2. The molecule has 110 valence electrons. The lowest BCUT2D eigenvalue weighted by Crippen LogP contribution is -2.02. The summed E-state index contributed by atoms with van der Waals surface area (Å²) in [7, 11) is 4.21. The van der Waals surface area contributed by atoms with Crippen molar-refractivity contribution in [2.75, 3.05) is 21.3 Å². The first-order chi connectivity index (χ1) is 10.1. The molecule has 0 fully saturated rings. The molecular formula is C16H15FO4. The van der Waals surface area contributed by atoms with Gasteiger partial charge in [-0.2, -0.15) is 0 Å². The molecule has 0 aliphatic carbocycles. The van der Waals surface area contributed by atoms with Crippen molar-refractivity contribution in [3.8, 4) is 22.6 Å². The smallest absolute Gasteiger partial charge is 0.337 e. The van der Waals surface area contributed by atoms with Gasteiger partial charge < -0.3 is 14.2 Å². The van der Waals surface area contributed by atoms with Crippen LogP contribution in [0.4, 0.5) is 4.39 Å². The van der Waals surface area contributed by atoms with Crippen LogP contribution in [-0.2, 0) is 4.74 Å². The van der Waals surface area contributed by atoms with Crippen molar-refractivity contribution in [3.05, 3.63) is 47.8 Å². The van der Waals surface area contributed by atoms with Crippen molar-refractivity contribution in [3.63, 3.8) is 0 Å². The third kappa shape index (κ3) is 2.97. The Balaban J connectivity index is 2.55. The van der Waals surface area contributed by atoms with Gasteiger partial charge in [0.25, 0.3) is 0 Å². The van der Waals surface area contributed by atoms with E-state index in [-0.39, 0.29) is 5.75 Å². The Kier molecular flexibility index (Phi) is 4.42. The topological polar surface area (TPSA) is 44.8 Å². The lowest BCUT2D eigenvalue weighted by atomic mass is 10.0. The van der Waals surface area contributed by atoms with Crippen LogP contribution in [0.5, 0.6) is 11.5 Å². The first-order valence-corrected chi connectivity index (χ1v) is 6.21. The molecule has 2 aromatic rings. The molecule has 0 saturated carbocycles. The molecule has 21 heavy (non-hydrogen) atoms. The van der Waals surface area contributed by atoms with Crippen LogP contribution in [0, 0.1) is 5.82 Å². The number of rotatable bonds is 4. The molecule has 5 heteroatoms. The highest BCUT2D eigenvalue weighted by atomic mass is 19.1. The Hall–Kier alpha value is -2.56. The third-order valence-electron chi connectivity index (χ3n) is 3.08. The summed E-state index contributed by atoms with van der Waals surface area (Å²) < 4.78 is 28.7. The predicted octanol–water partition coefficient (Wildman–Crippen LogP) is 3.30. The maximum atomic E-state index is 13.8. The lowest BCUT2D eigenvalue weighted by molar-refractivity contribution is 0.0601. The zero-order valence-electron chi connectivity index (χ0n) is 12.0. The van der Waals surface area contributed by atoms with Crippen LogP contribution >= 0.6 is 0 Å². The number of esters is 1. The van der Waals surface area contributed by atoms with E-state index in [9.17, 15) is 9.18 Å². The second-order valence-electron chi connectivity index (χ2n) is 4.26. The maximum Gasteiger partial charge on any atom is 0.337 e. The summed E-state index contributed by atoms with van der Waals surface area (Å²) in [6.45, 7) is 0. The lowest BCUT2D eigenvalue weighted by Gasteiger charge is -2.11. The summed E-state index contributed by atoms with van der Waals surface area (Å²) in [5, 5.41) is 0. The van der Waals surface area contributed by atoms with E-state index in [1.54, 1.807) is 24.3 Å². The van der Waals surface area contributed by atoms with Gasteiger partial charge in [-0.25, -0.2) is 9.18 Å². The summed E-state index contributed by atoms with van der Waals surface area (Å²) in [6.07, 6.45) is 0. The van der Waals surface area contributed by atoms with Gasteiger partial charge in [0.15, 0.2) is 11.6 Å². The predicted molar refractivity (Wildman–Crippen MR) is 76.3 cm³/mol. The Bertz CT molecular complexity index is 667. The van der Waals surface area contributed by atoms with Crippen LogP contribution in [0.15, 0.2) is 36.4 Å². The summed E-state index contributed by atoms with van der Waals surface area (Å²) in [6, 6.07) is 9.39. The molecule has 0 amide bonds. The Labute approximate surface area is 122 Å². The molecule has 0 N–H and O–H groups in total. The average Bonchev–Trinajstić information content (AvgIpc) is 2.53. The molecule has 0 aromatic heterocycles. The van der Waals surface area contributed by atoms with Gasteiger partial charge in [-0.3, -0.25) is 0 Å². The van der Waals surface area contributed by atoms with Gasteiger partial charge in [0, 0.05) is 5.56 Å². The van der Waals surface area contributed by atoms with Crippen LogP contribution in [0.25, 0.3) is 11.1 Å². The highest BCUT2D eigenvalue weighted by molar-refractivity contribution is 5.92. The summed E-state index contributed by atoms with van der Waals surface area (Å²) >= 11 is 0. The molecule has 2 rings (SSSR count). The number of methoxy groups -OCH3 is 3. The summed E-state index contributed by atoms with van der Waals surface area (Å²) in [4.78, 5) is 11.6. The van der Waals surface area contributed by atoms with E-state index in [2.05, 4.69) is 4.74 Å². The van der Waals surface area contributed by atoms with Crippen LogP contribution < -0.4 is 9.47 Å². The molecule has 0 heterocycles. The summed E-state index contributed by atoms with van der Waals surface area (Å²) in [5.74, 6) is -0.262. The molecular weight excluding hydrogens is 275 g/mol. The van der Waals surface area contributed by atoms with Crippen molar-refractivity contribution < 1.29 is 23.4 Å². The van der Waals surface area contributed by atoms with Gasteiger partial charge in [0.1, 0.15) is 5.75 Å². The van der Waals surface area contributed by atoms with Crippen LogP contribution in [-0.4, -0.2) is 27.3 Å². The van der Waals surface area contributed by atoms with Crippen molar-refractivity contribution >= 4 is 5.97 Å². The largest absolute Gasteiger partial charge is 0.496 e. The molecule has 0 radical (unpaired) electrons. The number of hydrogen-bond acceptors (Lipinski definition) is 4. The second-order valence-corrected chi connectivity index (χ2v) is 4.26. The maximum absolute atomic E-state index is 13.8. The van der Waals surface area contributed by atoms with Crippen LogP contribution in [0.1, 0.15) is 10.4 Å². The molecule has 0 atom stereocenters. The van der Waals surface area contributed by atoms with Crippen LogP contribution in [0.3, 0.4) is 0 Å². The molecule has 0 unspecified atom stereocenters. The van der Waals surface area contributed by atoms with Crippen molar-refractivity contribution in [2.24, 2.45) is 0 Å². The van der Waals surface area contributed by atoms with E-state index in [4.69, 9.17) is 9.47 Å². The second kappa shape index (κ2) is 6.26. The number of hydrogen-bond donors (Lipinski definition) is 0. The van der Waals surface area contributed by atoms with Gasteiger partial charge >= 0.3 is 5.97 Å². The molecule has 0 saturated heterocycles. The van der Waals surface area contributed by atoms with Gasteiger partial charge in [0.2, 0.25) is 0 Å². The fourth-order valence-electron chi connectivity index (χ4n) is 2.01. The molecule has 0 spiro atoms. The average molecular weight is 290 g/mol. The molecule has 0 bridgehead atoms. The van der Waals surface area contributed by atoms with E-state index in [1.807, 2.05) is 0 Å². The number of carbonyl (C=O) groups is 1. The van der Waals surface area contributed by atoms with E-state index in [0.29, 0.717) is 22.4 Å².